The summed E-state index contributed by atoms with van der Waals surface area (Å²) in [4.78, 5) is 11.5. The zero-order chi connectivity index (χ0) is 23.1. The van der Waals surface area contributed by atoms with Gasteiger partial charge in [-0.3, -0.25) is 0 Å². The molecule has 0 radical (unpaired) electrons. The minimum absolute atomic E-state index is 0. The molecule has 0 spiro atoms. The molecule has 0 amide bonds. The maximum absolute atomic E-state index is 11.5. The van der Waals surface area contributed by atoms with E-state index >= 15 is 0 Å². The molecule has 1 atom stereocenters. The van der Waals surface area contributed by atoms with Crippen LogP contribution in [0.4, 0.5) is 5.69 Å². The second kappa shape index (κ2) is 13.8. The van der Waals surface area contributed by atoms with Gasteiger partial charge in [-0.15, -0.1) is 24.8 Å². The molecule has 3 rings (SSSR count). The number of nitrogens with two attached hydrogens (primary N) is 1. The fraction of sp³-hybridized carbons (Fsp3) is 0.269. The highest BCUT2D eigenvalue weighted by atomic mass is 35.5. The van der Waals surface area contributed by atoms with Crippen LogP contribution in [0, 0.1) is 0 Å². The molecular weight excluding hydrogens is 475 g/mol. The molecule has 0 aromatic heterocycles. The number of carbonyl (C=O) groups is 1. The highest BCUT2D eigenvalue weighted by Gasteiger charge is 2.14. The number of ether oxygens (including phenoxy) is 1. The summed E-state index contributed by atoms with van der Waals surface area (Å²) in [7, 11) is 0. The number of anilines is 1. The van der Waals surface area contributed by atoms with E-state index in [9.17, 15) is 15.0 Å². The molecule has 0 aliphatic carbocycles. The molecule has 8 heteroatoms. The lowest BCUT2D eigenvalue weighted by Crippen LogP contribution is -2.23. The van der Waals surface area contributed by atoms with E-state index < -0.39 is 12.1 Å². The molecule has 6 nitrogen and oxygen atoms in total. The normalized spacial score (nSPS) is 11.3. The lowest BCUT2D eigenvalue weighted by atomic mass is 10.0. The van der Waals surface area contributed by atoms with E-state index in [0.717, 1.165) is 29.7 Å². The molecule has 3 aromatic carbocycles. The summed E-state index contributed by atoms with van der Waals surface area (Å²) in [6.45, 7) is 4.93. The Hall–Kier alpha value is -2.77. The number of carboxylic acids is 1. The number of hydrogen-bond donors (Lipinski definition) is 4. The number of rotatable bonds is 10. The van der Waals surface area contributed by atoms with Gasteiger partial charge < -0.3 is 26.0 Å². The highest BCUT2D eigenvalue weighted by molar-refractivity contribution is 5.92. The third kappa shape index (κ3) is 8.22. The summed E-state index contributed by atoms with van der Waals surface area (Å²) in [5.41, 5.74) is 10.4. The Labute approximate surface area is 213 Å². The number of benzene rings is 3. The number of aliphatic hydroxyl groups is 1. The standard InChI is InChI=1S/C26H30N2O4.2ClH/c1-17(2)32-25-15-20(10-11-23(25)26(30)31)19-8-6-18(7-9-19)12-13-28-16-24(29)21-4-3-5-22(27)14-21;;/h3-11,14-15,17,24,28-29H,12-13,16,27H2,1-2H3,(H,30,31);2*1H/t24-;;/m0../s1. The zero-order valence-electron chi connectivity index (χ0n) is 19.2. The Morgan fingerprint density at radius 1 is 1.00 bits per heavy atom. The van der Waals surface area contributed by atoms with E-state index in [1.165, 1.54) is 5.56 Å². The number of aromatic carboxylic acids is 1. The SMILES string of the molecule is CC(C)Oc1cc(-c2ccc(CCNC[C@H](O)c3cccc(N)c3)cc2)ccc1C(=O)O.Cl.Cl. The maximum atomic E-state index is 11.5. The Morgan fingerprint density at radius 2 is 1.68 bits per heavy atom. The van der Waals surface area contributed by atoms with Crippen molar-refractivity contribution in [2.45, 2.75) is 32.5 Å². The molecule has 0 unspecified atom stereocenters. The van der Waals surface area contributed by atoms with E-state index in [-0.39, 0.29) is 36.5 Å². The molecular formula is C26H32Cl2N2O4. The quantitative estimate of drug-likeness (QED) is 0.224. The molecule has 34 heavy (non-hydrogen) atoms. The van der Waals surface area contributed by atoms with E-state index in [4.69, 9.17) is 10.5 Å². The summed E-state index contributed by atoms with van der Waals surface area (Å²) >= 11 is 0. The Kier molecular flexibility index (Phi) is 11.9. The lowest BCUT2D eigenvalue weighted by Gasteiger charge is -2.14. The van der Waals surface area contributed by atoms with Gasteiger partial charge in [0.05, 0.1) is 12.2 Å². The third-order valence-electron chi connectivity index (χ3n) is 5.09. The molecule has 0 saturated heterocycles. The topological polar surface area (TPSA) is 105 Å². The molecule has 0 saturated carbocycles. The van der Waals surface area contributed by atoms with Crippen molar-refractivity contribution in [1.82, 2.24) is 5.32 Å². The molecule has 0 aliphatic rings. The number of halogens is 2. The molecule has 3 aromatic rings. The van der Waals surface area contributed by atoms with Crippen LogP contribution in [0.5, 0.6) is 5.75 Å². The van der Waals surface area contributed by atoms with Crippen LogP contribution in [-0.4, -0.2) is 35.4 Å². The Balaban J connectivity index is 0.00000289. The van der Waals surface area contributed by atoms with Gasteiger partial charge in [-0.1, -0.05) is 42.5 Å². The van der Waals surface area contributed by atoms with Crippen molar-refractivity contribution in [2.75, 3.05) is 18.8 Å². The van der Waals surface area contributed by atoms with Gasteiger partial charge >= 0.3 is 5.97 Å². The third-order valence-corrected chi connectivity index (χ3v) is 5.09. The average molecular weight is 507 g/mol. The fourth-order valence-electron chi connectivity index (χ4n) is 3.45. The predicted octanol–water partition coefficient (Wildman–Crippen LogP) is 5.13. The number of nitrogens with one attached hydrogen (secondary N) is 1. The van der Waals surface area contributed by atoms with Crippen LogP contribution in [0.15, 0.2) is 66.7 Å². The number of hydrogen-bond acceptors (Lipinski definition) is 5. The van der Waals surface area contributed by atoms with Gasteiger partial charge in [0.15, 0.2) is 0 Å². The monoisotopic (exact) mass is 506 g/mol. The average Bonchev–Trinajstić information content (AvgIpc) is 2.76. The molecule has 0 fully saturated rings. The Morgan fingerprint density at radius 3 is 2.29 bits per heavy atom. The first-order valence-electron chi connectivity index (χ1n) is 10.7. The predicted molar refractivity (Wildman–Crippen MR) is 141 cm³/mol. The van der Waals surface area contributed by atoms with Crippen molar-refractivity contribution >= 4 is 36.5 Å². The number of nitrogen functional groups attached to an aromatic ring is 1. The van der Waals surface area contributed by atoms with Crippen molar-refractivity contribution in [3.63, 3.8) is 0 Å². The van der Waals surface area contributed by atoms with Crippen molar-refractivity contribution in [1.29, 1.82) is 0 Å². The lowest BCUT2D eigenvalue weighted by molar-refractivity contribution is 0.0690. The van der Waals surface area contributed by atoms with Gasteiger partial charge in [-0.05, 0) is 73.3 Å². The summed E-state index contributed by atoms with van der Waals surface area (Å²) in [6, 6.07) is 20.6. The summed E-state index contributed by atoms with van der Waals surface area (Å²) in [5.74, 6) is -0.632. The second-order valence-corrected chi connectivity index (χ2v) is 8.02. The van der Waals surface area contributed by atoms with Crippen LogP contribution in [-0.2, 0) is 6.42 Å². The first-order valence-corrected chi connectivity index (χ1v) is 10.7. The number of carboxylic acid groups (broad SMARTS) is 1. The molecule has 0 aliphatic heterocycles. The molecule has 184 valence electrons. The highest BCUT2D eigenvalue weighted by Crippen LogP contribution is 2.28. The van der Waals surface area contributed by atoms with E-state index in [1.54, 1.807) is 30.3 Å². The van der Waals surface area contributed by atoms with Gasteiger partial charge in [0, 0.05) is 12.2 Å². The van der Waals surface area contributed by atoms with Gasteiger partial charge in [-0.25, -0.2) is 4.79 Å². The first kappa shape index (κ1) is 29.3. The van der Waals surface area contributed by atoms with Crippen molar-refractivity contribution in [2.24, 2.45) is 0 Å². The number of aliphatic hydroxyl groups excluding tert-OH is 1. The van der Waals surface area contributed by atoms with Crippen LogP contribution in [0.3, 0.4) is 0 Å². The smallest absolute Gasteiger partial charge is 0.339 e. The second-order valence-electron chi connectivity index (χ2n) is 8.02. The molecule has 0 heterocycles. The van der Waals surface area contributed by atoms with Gasteiger partial charge in [-0.2, -0.15) is 0 Å². The summed E-state index contributed by atoms with van der Waals surface area (Å²) < 4.78 is 5.70. The molecule has 5 N–H and O–H groups in total. The van der Waals surface area contributed by atoms with Crippen LogP contribution in [0.25, 0.3) is 11.1 Å². The van der Waals surface area contributed by atoms with Gasteiger partial charge in [0.2, 0.25) is 0 Å². The summed E-state index contributed by atoms with van der Waals surface area (Å²) in [6.07, 6.45) is 0.108. The van der Waals surface area contributed by atoms with Crippen LogP contribution >= 0.6 is 24.8 Å². The molecule has 0 bridgehead atoms. The maximum Gasteiger partial charge on any atom is 0.339 e. The first-order chi connectivity index (χ1) is 15.3. The van der Waals surface area contributed by atoms with Crippen molar-refractivity contribution < 1.29 is 19.7 Å². The Bertz CT molecular complexity index is 1060. The minimum Gasteiger partial charge on any atom is -0.490 e. The van der Waals surface area contributed by atoms with E-state index in [0.29, 0.717) is 18.0 Å². The van der Waals surface area contributed by atoms with E-state index in [1.807, 2.05) is 38.1 Å². The van der Waals surface area contributed by atoms with Crippen molar-refractivity contribution in [3.8, 4) is 16.9 Å². The zero-order valence-corrected chi connectivity index (χ0v) is 20.9. The summed E-state index contributed by atoms with van der Waals surface area (Å²) in [5, 5.41) is 22.9. The van der Waals surface area contributed by atoms with Crippen molar-refractivity contribution in [3.05, 3.63) is 83.4 Å². The van der Waals surface area contributed by atoms with Crippen LogP contribution in [0.1, 0.15) is 41.4 Å². The van der Waals surface area contributed by atoms with Crippen LogP contribution < -0.4 is 15.8 Å². The van der Waals surface area contributed by atoms with Crippen LogP contribution in [0.2, 0.25) is 0 Å². The minimum atomic E-state index is -1.00. The van der Waals surface area contributed by atoms with Gasteiger partial charge in [0.1, 0.15) is 11.3 Å². The fourth-order valence-corrected chi connectivity index (χ4v) is 3.45. The van der Waals surface area contributed by atoms with E-state index in [2.05, 4.69) is 17.4 Å². The van der Waals surface area contributed by atoms with Gasteiger partial charge in [0.25, 0.3) is 0 Å². The largest absolute Gasteiger partial charge is 0.490 e.